The van der Waals surface area contributed by atoms with Gasteiger partial charge in [-0.15, -0.1) is 0 Å². The minimum absolute atomic E-state index is 0.142. The number of aromatic nitrogens is 1. The van der Waals surface area contributed by atoms with Gasteiger partial charge < -0.3 is 15.2 Å². The van der Waals surface area contributed by atoms with Crippen molar-refractivity contribution in [3.63, 3.8) is 0 Å². The summed E-state index contributed by atoms with van der Waals surface area (Å²) in [5.74, 6) is -0.274. The zero-order valence-electron chi connectivity index (χ0n) is 16.2. The highest BCUT2D eigenvalue weighted by Crippen LogP contribution is 2.22. The molecule has 1 aliphatic heterocycles. The molecule has 0 saturated carbocycles. The van der Waals surface area contributed by atoms with E-state index in [1.165, 1.54) is 30.5 Å². The van der Waals surface area contributed by atoms with Gasteiger partial charge in [-0.25, -0.2) is 13.1 Å². The number of rotatable bonds is 8. The highest BCUT2D eigenvalue weighted by Gasteiger charge is 2.32. The van der Waals surface area contributed by atoms with Gasteiger partial charge in [0.05, 0.1) is 29.2 Å². The Balaban J connectivity index is 1.49. The molecule has 0 unspecified atom stereocenters. The van der Waals surface area contributed by atoms with Crippen molar-refractivity contribution in [2.24, 2.45) is 0 Å². The van der Waals surface area contributed by atoms with E-state index in [9.17, 15) is 18.3 Å². The predicted octanol–water partition coefficient (Wildman–Crippen LogP) is 1.74. The molecule has 1 aromatic heterocycles. The van der Waals surface area contributed by atoms with Crippen molar-refractivity contribution in [1.29, 1.82) is 0 Å². The molecule has 3 atom stereocenters. The lowest BCUT2D eigenvalue weighted by Gasteiger charge is -2.36. The van der Waals surface area contributed by atoms with Crippen molar-refractivity contribution < 1.29 is 23.1 Å². The van der Waals surface area contributed by atoms with Crippen LogP contribution in [0.25, 0.3) is 0 Å². The summed E-state index contributed by atoms with van der Waals surface area (Å²) in [6.45, 7) is -0.0501. The molecule has 8 nitrogen and oxygen atoms in total. The normalized spacial score (nSPS) is 21.9. The minimum Gasteiger partial charge on any atom is -0.394 e. The van der Waals surface area contributed by atoms with Crippen molar-refractivity contribution in [2.45, 2.75) is 42.4 Å². The highest BCUT2D eigenvalue weighted by atomic mass is 35.5. The molecule has 10 heteroatoms. The van der Waals surface area contributed by atoms with E-state index in [2.05, 4.69) is 15.0 Å². The summed E-state index contributed by atoms with van der Waals surface area (Å²) in [7, 11) is -3.63. The van der Waals surface area contributed by atoms with Crippen molar-refractivity contribution in [1.82, 2.24) is 15.0 Å². The van der Waals surface area contributed by atoms with Crippen LogP contribution in [0.2, 0.25) is 5.02 Å². The van der Waals surface area contributed by atoms with Gasteiger partial charge in [0, 0.05) is 24.0 Å². The van der Waals surface area contributed by atoms with Crippen LogP contribution >= 0.6 is 11.6 Å². The summed E-state index contributed by atoms with van der Waals surface area (Å²) < 4.78 is 33.1. The van der Waals surface area contributed by atoms with Crippen LogP contribution < -0.4 is 10.0 Å². The first kappa shape index (κ1) is 22.6. The number of sulfonamides is 1. The van der Waals surface area contributed by atoms with E-state index in [4.69, 9.17) is 16.3 Å². The van der Waals surface area contributed by atoms with Gasteiger partial charge in [0.2, 0.25) is 10.0 Å². The lowest BCUT2D eigenvalue weighted by Crippen LogP contribution is -2.51. The molecule has 2 aromatic rings. The monoisotopic (exact) mass is 453 g/mol. The van der Waals surface area contributed by atoms with E-state index in [1.807, 2.05) is 0 Å². The predicted molar refractivity (Wildman–Crippen MR) is 112 cm³/mol. The third kappa shape index (κ3) is 5.99. The molecule has 1 saturated heterocycles. The second-order valence-electron chi connectivity index (χ2n) is 7.02. The number of aliphatic hydroxyl groups excluding tert-OH is 1. The Morgan fingerprint density at radius 2 is 2.00 bits per heavy atom. The molecule has 1 aliphatic rings. The first-order chi connectivity index (χ1) is 14.4. The molecule has 0 aliphatic carbocycles. The van der Waals surface area contributed by atoms with Crippen molar-refractivity contribution in [2.75, 3.05) is 13.2 Å². The molecule has 0 bridgehead atoms. The van der Waals surface area contributed by atoms with Gasteiger partial charge in [-0.2, -0.15) is 0 Å². The molecule has 1 fully saturated rings. The molecular formula is C20H24ClN3O5S. The minimum atomic E-state index is -3.63. The molecule has 3 rings (SSSR count). The van der Waals surface area contributed by atoms with Crippen LogP contribution in [-0.4, -0.2) is 55.8 Å². The molecule has 0 radical (unpaired) electrons. The number of nitrogens with zero attached hydrogens (tertiary/aromatic N) is 1. The topological polar surface area (TPSA) is 118 Å². The average Bonchev–Trinajstić information content (AvgIpc) is 2.75. The number of pyridine rings is 1. The maximum atomic E-state index is 12.3. The fourth-order valence-corrected chi connectivity index (χ4v) is 4.48. The van der Waals surface area contributed by atoms with Crippen molar-refractivity contribution >= 4 is 27.5 Å². The van der Waals surface area contributed by atoms with Gasteiger partial charge in [-0.05, 0) is 55.7 Å². The molecular weight excluding hydrogens is 430 g/mol. The fraction of sp³-hybridized carbons (Fsp3) is 0.400. The molecule has 3 N–H and O–H groups in total. The summed E-state index contributed by atoms with van der Waals surface area (Å²) in [6.07, 6.45) is 3.99. The number of aliphatic hydroxyl groups is 1. The van der Waals surface area contributed by atoms with Crippen LogP contribution in [0.15, 0.2) is 53.7 Å². The van der Waals surface area contributed by atoms with E-state index in [0.29, 0.717) is 29.8 Å². The Hall–Kier alpha value is -2.04. The number of hydrogen-bond acceptors (Lipinski definition) is 6. The van der Waals surface area contributed by atoms with Crippen LogP contribution in [0.1, 0.15) is 29.6 Å². The number of halogens is 1. The molecule has 30 heavy (non-hydrogen) atoms. The standard InChI is InChI=1S/C20H24ClN3O5S/c21-15-3-6-17(7-4-15)30(27,28)23-11-9-16-5-8-18(19(13-25)29-16)24-20(26)14-2-1-10-22-12-14/h1-4,6-7,10,12,16,18-19,23,25H,5,8-9,11,13H2,(H,24,26)/t16-,18-,19+/m1/s1. The van der Waals surface area contributed by atoms with E-state index >= 15 is 0 Å². The number of benzene rings is 1. The summed E-state index contributed by atoms with van der Waals surface area (Å²) in [6, 6.07) is 8.94. The Morgan fingerprint density at radius 1 is 1.23 bits per heavy atom. The largest absolute Gasteiger partial charge is 0.394 e. The number of nitrogens with one attached hydrogen (secondary N) is 2. The first-order valence-corrected chi connectivity index (χ1v) is 11.5. The van der Waals surface area contributed by atoms with Gasteiger partial charge in [-0.3, -0.25) is 9.78 Å². The Morgan fingerprint density at radius 3 is 2.67 bits per heavy atom. The van der Waals surface area contributed by atoms with Crippen molar-refractivity contribution in [3.05, 3.63) is 59.4 Å². The smallest absolute Gasteiger partial charge is 0.253 e. The zero-order valence-corrected chi connectivity index (χ0v) is 17.8. The quantitative estimate of drug-likeness (QED) is 0.560. The van der Waals surface area contributed by atoms with Gasteiger partial charge in [0.1, 0.15) is 6.10 Å². The number of ether oxygens (including phenoxy) is 1. The lowest BCUT2D eigenvalue weighted by atomic mass is 9.97. The third-order valence-corrected chi connectivity index (χ3v) is 6.65. The van der Waals surface area contributed by atoms with E-state index in [1.54, 1.807) is 18.3 Å². The molecule has 1 amide bonds. The number of hydrogen-bond donors (Lipinski definition) is 3. The van der Waals surface area contributed by atoms with E-state index in [0.717, 1.165) is 0 Å². The van der Waals surface area contributed by atoms with Crippen molar-refractivity contribution in [3.8, 4) is 0 Å². The Kier molecular flexibility index (Phi) is 7.79. The SMILES string of the molecule is O=C(N[C@@H]1CC[C@H](CCNS(=O)(=O)c2ccc(Cl)cc2)O[C@H]1CO)c1cccnc1. The van der Waals surface area contributed by atoms with E-state index in [-0.39, 0.29) is 36.1 Å². The second kappa shape index (κ2) is 10.3. The summed E-state index contributed by atoms with van der Waals surface area (Å²) in [5.41, 5.74) is 0.438. The molecule has 0 spiro atoms. The summed E-state index contributed by atoms with van der Waals surface area (Å²) >= 11 is 5.79. The van der Waals surface area contributed by atoms with Crippen LogP contribution in [-0.2, 0) is 14.8 Å². The highest BCUT2D eigenvalue weighted by molar-refractivity contribution is 7.89. The molecule has 162 valence electrons. The Labute approximate surface area is 180 Å². The average molecular weight is 454 g/mol. The number of carbonyl (C=O) groups is 1. The van der Waals surface area contributed by atoms with Crippen LogP contribution in [0.4, 0.5) is 0 Å². The van der Waals surface area contributed by atoms with Crippen LogP contribution in [0.3, 0.4) is 0 Å². The van der Waals surface area contributed by atoms with Gasteiger partial charge in [0.25, 0.3) is 5.91 Å². The maximum absolute atomic E-state index is 12.3. The zero-order chi connectivity index (χ0) is 21.6. The fourth-order valence-electron chi connectivity index (χ4n) is 3.31. The molecule has 1 aromatic carbocycles. The van der Waals surface area contributed by atoms with Crippen LogP contribution in [0, 0.1) is 0 Å². The first-order valence-electron chi connectivity index (χ1n) is 9.61. The van der Waals surface area contributed by atoms with Gasteiger partial charge in [0.15, 0.2) is 0 Å². The lowest BCUT2D eigenvalue weighted by molar-refractivity contribution is -0.0891. The maximum Gasteiger partial charge on any atom is 0.253 e. The summed E-state index contributed by atoms with van der Waals surface area (Å²) in [5, 5.41) is 13.0. The Bertz CT molecular complexity index is 941. The number of carbonyl (C=O) groups excluding carboxylic acids is 1. The van der Waals surface area contributed by atoms with E-state index < -0.39 is 16.1 Å². The number of amides is 1. The third-order valence-electron chi connectivity index (χ3n) is 4.92. The summed E-state index contributed by atoms with van der Waals surface area (Å²) in [4.78, 5) is 16.4. The van der Waals surface area contributed by atoms with Gasteiger partial charge in [-0.1, -0.05) is 11.6 Å². The van der Waals surface area contributed by atoms with Crippen LogP contribution in [0.5, 0.6) is 0 Å². The second-order valence-corrected chi connectivity index (χ2v) is 9.22. The van der Waals surface area contributed by atoms with Gasteiger partial charge >= 0.3 is 0 Å². The molecule has 2 heterocycles.